The molecule has 1 aromatic heterocycles. The van der Waals surface area contributed by atoms with E-state index in [1.54, 1.807) is 0 Å². The van der Waals surface area contributed by atoms with Crippen LogP contribution in [0.1, 0.15) is 38.8 Å². The summed E-state index contributed by atoms with van der Waals surface area (Å²) in [4.78, 5) is 7.36. The maximum atomic E-state index is 4.81. The number of nitrogens with one attached hydrogen (secondary N) is 1. The van der Waals surface area contributed by atoms with Gasteiger partial charge in [-0.3, -0.25) is 4.98 Å². The molecule has 0 bridgehead atoms. The van der Waals surface area contributed by atoms with Gasteiger partial charge in [-0.2, -0.15) is 0 Å². The van der Waals surface area contributed by atoms with Gasteiger partial charge in [-0.1, -0.05) is 25.1 Å². The third-order valence-corrected chi connectivity index (χ3v) is 4.34. The first kappa shape index (κ1) is 14.3. The van der Waals surface area contributed by atoms with Gasteiger partial charge in [0, 0.05) is 30.2 Å². The van der Waals surface area contributed by atoms with Crippen LogP contribution < -0.4 is 10.2 Å². The normalized spacial score (nSPS) is 18.6. The molecule has 1 unspecified atom stereocenters. The molecule has 1 aliphatic rings. The zero-order valence-electron chi connectivity index (χ0n) is 13.1. The molecule has 0 amide bonds. The zero-order valence-corrected chi connectivity index (χ0v) is 13.1. The van der Waals surface area contributed by atoms with Crippen LogP contribution in [0.15, 0.2) is 30.3 Å². The van der Waals surface area contributed by atoms with E-state index in [9.17, 15) is 0 Å². The minimum Gasteiger partial charge on any atom is -0.368 e. The summed E-state index contributed by atoms with van der Waals surface area (Å²) in [6.07, 6.45) is 3.74. The summed E-state index contributed by atoms with van der Waals surface area (Å²) in [5.74, 6) is 0. The van der Waals surface area contributed by atoms with Crippen molar-refractivity contribution in [3.05, 3.63) is 36.0 Å². The maximum Gasteiger partial charge on any atom is 0.0726 e. The molecule has 21 heavy (non-hydrogen) atoms. The number of anilines is 1. The number of aromatic nitrogens is 1. The van der Waals surface area contributed by atoms with E-state index in [2.05, 4.69) is 54.4 Å². The fraction of sp³-hybridized carbons (Fsp3) is 0.500. The van der Waals surface area contributed by atoms with Crippen LogP contribution in [0.2, 0.25) is 0 Å². The Labute approximate surface area is 127 Å². The van der Waals surface area contributed by atoms with Crippen molar-refractivity contribution in [2.75, 3.05) is 18.0 Å². The Hall–Kier alpha value is -1.61. The minimum absolute atomic E-state index is 0.632. The van der Waals surface area contributed by atoms with Crippen LogP contribution in [0.4, 0.5) is 5.69 Å². The third kappa shape index (κ3) is 3.03. The Morgan fingerprint density at radius 3 is 2.95 bits per heavy atom. The molecule has 0 radical (unpaired) electrons. The van der Waals surface area contributed by atoms with Crippen molar-refractivity contribution in [3.8, 4) is 0 Å². The Kier molecular flexibility index (Phi) is 4.39. The average Bonchev–Trinajstić information content (AvgIpc) is 2.93. The smallest absolute Gasteiger partial charge is 0.0726 e. The quantitative estimate of drug-likeness (QED) is 0.848. The topological polar surface area (TPSA) is 28.2 Å². The molecule has 1 fully saturated rings. The van der Waals surface area contributed by atoms with Crippen LogP contribution in [-0.2, 0) is 6.54 Å². The molecule has 1 N–H and O–H groups in total. The lowest BCUT2D eigenvalue weighted by molar-refractivity contribution is 0.665. The highest BCUT2D eigenvalue weighted by Gasteiger charge is 2.22. The molecule has 2 heterocycles. The highest BCUT2D eigenvalue weighted by atomic mass is 15.2. The van der Waals surface area contributed by atoms with Crippen molar-refractivity contribution in [1.29, 1.82) is 0 Å². The maximum absolute atomic E-state index is 4.81. The number of para-hydroxylation sites is 1. The van der Waals surface area contributed by atoms with Crippen LogP contribution >= 0.6 is 0 Å². The Bertz CT molecular complexity index is 608. The van der Waals surface area contributed by atoms with Gasteiger partial charge in [0.15, 0.2) is 0 Å². The number of hydrogen-bond acceptors (Lipinski definition) is 3. The van der Waals surface area contributed by atoms with Gasteiger partial charge in [0.2, 0.25) is 0 Å². The highest BCUT2D eigenvalue weighted by molar-refractivity contribution is 5.92. The van der Waals surface area contributed by atoms with E-state index < -0.39 is 0 Å². The summed E-state index contributed by atoms with van der Waals surface area (Å²) in [6, 6.07) is 11.4. The number of benzene rings is 1. The second kappa shape index (κ2) is 6.44. The van der Waals surface area contributed by atoms with E-state index in [0.29, 0.717) is 6.04 Å². The van der Waals surface area contributed by atoms with Crippen molar-refractivity contribution < 1.29 is 0 Å². The first-order chi connectivity index (χ1) is 10.3. The molecule has 1 aromatic carbocycles. The van der Waals surface area contributed by atoms with Crippen molar-refractivity contribution in [2.24, 2.45) is 0 Å². The lowest BCUT2D eigenvalue weighted by atomic mass is 10.1. The molecular formula is C18H25N3. The van der Waals surface area contributed by atoms with Crippen LogP contribution in [0.5, 0.6) is 0 Å². The summed E-state index contributed by atoms with van der Waals surface area (Å²) in [5, 5.41) is 4.75. The highest BCUT2D eigenvalue weighted by Crippen LogP contribution is 2.32. The molecule has 2 aromatic rings. The first-order valence-corrected chi connectivity index (χ1v) is 8.15. The standard InChI is InChI=1S/C18H25N3/c1-3-10-19-13-15-12-18(21-11-6-7-14(21)2)16-8-4-5-9-17(16)20-15/h4-5,8-9,12,14,19H,3,6-7,10-11,13H2,1-2H3. The van der Waals surface area contributed by atoms with Crippen LogP contribution in [0, 0.1) is 0 Å². The van der Waals surface area contributed by atoms with E-state index in [-0.39, 0.29) is 0 Å². The number of hydrogen-bond donors (Lipinski definition) is 1. The van der Waals surface area contributed by atoms with Gasteiger partial charge in [0.05, 0.1) is 11.2 Å². The van der Waals surface area contributed by atoms with Crippen LogP contribution in [-0.4, -0.2) is 24.1 Å². The summed E-state index contributed by atoms with van der Waals surface area (Å²) in [7, 11) is 0. The predicted molar refractivity (Wildman–Crippen MR) is 89.8 cm³/mol. The Morgan fingerprint density at radius 2 is 2.19 bits per heavy atom. The lowest BCUT2D eigenvalue weighted by Gasteiger charge is -2.26. The van der Waals surface area contributed by atoms with E-state index >= 15 is 0 Å². The zero-order chi connectivity index (χ0) is 14.7. The van der Waals surface area contributed by atoms with Gasteiger partial charge >= 0.3 is 0 Å². The first-order valence-electron chi connectivity index (χ1n) is 8.15. The third-order valence-electron chi connectivity index (χ3n) is 4.34. The van der Waals surface area contributed by atoms with Crippen LogP contribution in [0.3, 0.4) is 0 Å². The van der Waals surface area contributed by atoms with Gasteiger partial charge in [-0.15, -0.1) is 0 Å². The van der Waals surface area contributed by atoms with Crippen molar-refractivity contribution in [3.63, 3.8) is 0 Å². The van der Waals surface area contributed by atoms with Gasteiger partial charge in [0.25, 0.3) is 0 Å². The van der Waals surface area contributed by atoms with Crippen LogP contribution in [0.25, 0.3) is 10.9 Å². The second-order valence-corrected chi connectivity index (χ2v) is 6.01. The SMILES string of the molecule is CCCNCc1cc(N2CCCC2C)c2ccccc2n1. The van der Waals surface area contributed by atoms with E-state index in [4.69, 9.17) is 4.98 Å². The summed E-state index contributed by atoms with van der Waals surface area (Å²) in [6.45, 7) is 7.59. The van der Waals surface area contributed by atoms with E-state index in [0.717, 1.165) is 37.3 Å². The molecule has 3 rings (SSSR count). The Morgan fingerprint density at radius 1 is 1.33 bits per heavy atom. The van der Waals surface area contributed by atoms with Crippen molar-refractivity contribution in [2.45, 2.75) is 45.7 Å². The summed E-state index contributed by atoms with van der Waals surface area (Å²) >= 11 is 0. The minimum atomic E-state index is 0.632. The summed E-state index contributed by atoms with van der Waals surface area (Å²) in [5.41, 5.74) is 3.62. The second-order valence-electron chi connectivity index (χ2n) is 6.01. The molecule has 1 saturated heterocycles. The monoisotopic (exact) mass is 283 g/mol. The van der Waals surface area contributed by atoms with Gasteiger partial charge in [-0.05, 0) is 44.9 Å². The Balaban J connectivity index is 1.99. The molecule has 1 atom stereocenters. The fourth-order valence-electron chi connectivity index (χ4n) is 3.22. The number of fused-ring (bicyclic) bond motifs is 1. The lowest BCUT2D eigenvalue weighted by Crippen LogP contribution is -2.27. The number of nitrogens with zero attached hydrogens (tertiary/aromatic N) is 2. The molecule has 0 aliphatic carbocycles. The van der Waals surface area contributed by atoms with Gasteiger partial charge in [0.1, 0.15) is 0 Å². The van der Waals surface area contributed by atoms with E-state index in [1.165, 1.54) is 23.9 Å². The van der Waals surface area contributed by atoms with Gasteiger partial charge < -0.3 is 10.2 Å². The molecule has 0 spiro atoms. The van der Waals surface area contributed by atoms with E-state index in [1.807, 2.05) is 0 Å². The summed E-state index contributed by atoms with van der Waals surface area (Å²) < 4.78 is 0. The molecular weight excluding hydrogens is 258 g/mol. The van der Waals surface area contributed by atoms with Crippen molar-refractivity contribution in [1.82, 2.24) is 10.3 Å². The number of rotatable bonds is 5. The molecule has 1 aliphatic heterocycles. The largest absolute Gasteiger partial charge is 0.368 e. The van der Waals surface area contributed by atoms with Gasteiger partial charge in [-0.25, -0.2) is 0 Å². The molecule has 3 heteroatoms. The number of pyridine rings is 1. The van der Waals surface area contributed by atoms with Crippen molar-refractivity contribution >= 4 is 16.6 Å². The molecule has 3 nitrogen and oxygen atoms in total. The predicted octanol–water partition coefficient (Wildman–Crippen LogP) is 3.72. The average molecular weight is 283 g/mol. The molecule has 0 saturated carbocycles. The fourth-order valence-corrected chi connectivity index (χ4v) is 3.22. The molecule has 112 valence electrons.